The number of aromatic nitrogens is 1. The maximum absolute atomic E-state index is 13.3. The van der Waals surface area contributed by atoms with Crippen LogP contribution in [0.4, 0.5) is 4.39 Å². The predicted octanol–water partition coefficient (Wildman–Crippen LogP) is 5.52. The summed E-state index contributed by atoms with van der Waals surface area (Å²) in [6.45, 7) is 3.95. The van der Waals surface area contributed by atoms with Gasteiger partial charge in [0.15, 0.2) is 0 Å². The van der Waals surface area contributed by atoms with E-state index in [9.17, 15) is 9.18 Å². The van der Waals surface area contributed by atoms with Crippen LogP contribution >= 0.6 is 0 Å². The Morgan fingerprint density at radius 1 is 0.906 bits per heavy atom. The molecule has 4 nitrogen and oxygen atoms in total. The Labute approximate surface area is 187 Å². The van der Waals surface area contributed by atoms with Crippen molar-refractivity contribution < 1.29 is 9.18 Å². The number of hydrazone groups is 1. The standard InChI is InChI=1S/C27H24FN3O/c1-19-17-23(20(2)31(19)25-15-13-24(28)14-16-25)18-29-30-27(32)26(21-9-5-3-6-10-21)22-11-7-4-8-12-22/h3-18,26H,1-2H3,(H,30,32)/b29-18-. The maximum Gasteiger partial charge on any atom is 0.252 e. The van der Waals surface area contributed by atoms with E-state index < -0.39 is 5.92 Å². The molecule has 160 valence electrons. The lowest BCUT2D eigenvalue weighted by Gasteiger charge is -2.16. The van der Waals surface area contributed by atoms with Crippen molar-refractivity contribution in [2.24, 2.45) is 5.10 Å². The van der Waals surface area contributed by atoms with E-state index in [2.05, 4.69) is 10.5 Å². The van der Waals surface area contributed by atoms with Gasteiger partial charge >= 0.3 is 0 Å². The summed E-state index contributed by atoms with van der Waals surface area (Å²) in [7, 11) is 0. The molecule has 0 atom stereocenters. The molecule has 32 heavy (non-hydrogen) atoms. The second-order valence-corrected chi connectivity index (χ2v) is 7.63. The Balaban J connectivity index is 1.56. The number of halogens is 1. The number of rotatable bonds is 6. The lowest BCUT2D eigenvalue weighted by atomic mass is 9.91. The summed E-state index contributed by atoms with van der Waals surface area (Å²) >= 11 is 0. The molecular formula is C27H24FN3O. The molecule has 1 amide bonds. The van der Waals surface area contributed by atoms with Crippen molar-refractivity contribution >= 4 is 12.1 Å². The van der Waals surface area contributed by atoms with Gasteiger partial charge < -0.3 is 4.57 Å². The van der Waals surface area contributed by atoms with Gasteiger partial charge in [-0.15, -0.1) is 0 Å². The quantitative estimate of drug-likeness (QED) is 0.321. The Bertz CT molecular complexity index is 1190. The highest BCUT2D eigenvalue weighted by Crippen LogP contribution is 2.25. The van der Waals surface area contributed by atoms with E-state index in [4.69, 9.17) is 0 Å². The van der Waals surface area contributed by atoms with E-state index in [1.807, 2.05) is 85.1 Å². The minimum Gasteiger partial charge on any atom is -0.318 e. The zero-order valence-corrected chi connectivity index (χ0v) is 18.0. The van der Waals surface area contributed by atoms with Gasteiger partial charge in [0, 0.05) is 22.6 Å². The van der Waals surface area contributed by atoms with E-state index in [1.165, 1.54) is 12.1 Å². The van der Waals surface area contributed by atoms with Crippen molar-refractivity contribution in [1.29, 1.82) is 0 Å². The molecule has 0 saturated heterocycles. The number of benzene rings is 3. The van der Waals surface area contributed by atoms with Crippen LogP contribution in [0.25, 0.3) is 5.69 Å². The van der Waals surface area contributed by atoms with E-state index in [0.29, 0.717) is 0 Å². The molecule has 1 heterocycles. The molecule has 1 N–H and O–H groups in total. The molecule has 0 bridgehead atoms. The average molecular weight is 426 g/mol. The highest BCUT2D eigenvalue weighted by molar-refractivity contribution is 5.89. The van der Waals surface area contributed by atoms with Crippen LogP contribution < -0.4 is 5.43 Å². The molecular weight excluding hydrogens is 401 g/mol. The number of hydrogen-bond donors (Lipinski definition) is 1. The third kappa shape index (κ3) is 4.52. The lowest BCUT2D eigenvalue weighted by Crippen LogP contribution is -2.26. The first-order valence-corrected chi connectivity index (χ1v) is 10.4. The Morgan fingerprint density at radius 3 is 2.03 bits per heavy atom. The van der Waals surface area contributed by atoms with E-state index in [-0.39, 0.29) is 11.7 Å². The van der Waals surface area contributed by atoms with Crippen LogP contribution in [0.3, 0.4) is 0 Å². The summed E-state index contributed by atoms with van der Waals surface area (Å²) in [4.78, 5) is 13.1. The van der Waals surface area contributed by atoms with Gasteiger partial charge in [0.2, 0.25) is 0 Å². The zero-order chi connectivity index (χ0) is 22.5. The van der Waals surface area contributed by atoms with Crippen LogP contribution in [0.15, 0.2) is 96.1 Å². The number of nitrogens with one attached hydrogen (secondary N) is 1. The second-order valence-electron chi connectivity index (χ2n) is 7.63. The van der Waals surface area contributed by atoms with Crippen LogP contribution in [0.1, 0.15) is 34.0 Å². The SMILES string of the molecule is Cc1cc(/C=N\NC(=O)C(c2ccccc2)c2ccccc2)c(C)n1-c1ccc(F)cc1. The zero-order valence-electron chi connectivity index (χ0n) is 18.0. The number of amides is 1. The lowest BCUT2D eigenvalue weighted by molar-refractivity contribution is -0.121. The summed E-state index contributed by atoms with van der Waals surface area (Å²) in [6, 6.07) is 27.7. The van der Waals surface area contributed by atoms with Crippen LogP contribution in [0.5, 0.6) is 0 Å². The molecule has 0 aliphatic rings. The third-order valence-corrected chi connectivity index (χ3v) is 5.46. The van der Waals surface area contributed by atoms with Gasteiger partial charge in [0.05, 0.1) is 12.1 Å². The van der Waals surface area contributed by atoms with Crippen molar-refractivity contribution in [3.63, 3.8) is 0 Å². The first kappa shape index (κ1) is 21.2. The van der Waals surface area contributed by atoms with Crippen molar-refractivity contribution in [3.05, 3.63) is 125 Å². The number of aryl methyl sites for hydroxylation is 1. The van der Waals surface area contributed by atoms with Crippen LogP contribution in [0, 0.1) is 19.7 Å². The first-order chi connectivity index (χ1) is 15.5. The van der Waals surface area contributed by atoms with E-state index in [0.717, 1.165) is 33.8 Å². The molecule has 0 radical (unpaired) electrons. The maximum atomic E-state index is 13.3. The number of nitrogens with zero attached hydrogens (tertiary/aromatic N) is 2. The summed E-state index contributed by atoms with van der Waals surface area (Å²) < 4.78 is 15.3. The van der Waals surface area contributed by atoms with Crippen molar-refractivity contribution in [2.45, 2.75) is 19.8 Å². The molecule has 1 aromatic heterocycles. The van der Waals surface area contributed by atoms with Gasteiger partial charge in [-0.25, -0.2) is 9.82 Å². The van der Waals surface area contributed by atoms with Crippen LogP contribution in [-0.4, -0.2) is 16.7 Å². The molecule has 0 fully saturated rings. The first-order valence-electron chi connectivity index (χ1n) is 10.4. The smallest absolute Gasteiger partial charge is 0.252 e. The van der Waals surface area contributed by atoms with Crippen molar-refractivity contribution in [1.82, 2.24) is 9.99 Å². The van der Waals surface area contributed by atoms with Crippen molar-refractivity contribution in [3.8, 4) is 5.69 Å². The normalized spacial score (nSPS) is 11.2. The fourth-order valence-corrected chi connectivity index (χ4v) is 3.92. The Kier molecular flexibility index (Phi) is 6.26. The molecule has 0 unspecified atom stereocenters. The van der Waals surface area contributed by atoms with Crippen molar-refractivity contribution in [2.75, 3.05) is 0 Å². The highest BCUT2D eigenvalue weighted by atomic mass is 19.1. The topological polar surface area (TPSA) is 46.4 Å². The van der Waals surface area contributed by atoms with Gasteiger partial charge in [0.1, 0.15) is 5.82 Å². The Morgan fingerprint density at radius 2 is 1.47 bits per heavy atom. The molecule has 5 heteroatoms. The number of carbonyl (C=O) groups excluding carboxylic acids is 1. The molecule has 0 aliphatic heterocycles. The summed E-state index contributed by atoms with van der Waals surface area (Å²) in [6.07, 6.45) is 1.65. The molecule has 0 spiro atoms. The Hall–Kier alpha value is -3.99. The van der Waals surface area contributed by atoms with Crippen LogP contribution in [0.2, 0.25) is 0 Å². The summed E-state index contributed by atoms with van der Waals surface area (Å²) in [5, 5.41) is 4.24. The summed E-state index contributed by atoms with van der Waals surface area (Å²) in [5.41, 5.74) is 8.21. The van der Waals surface area contributed by atoms with Crippen LogP contribution in [-0.2, 0) is 4.79 Å². The van der Waals surface area contributed by atoms with Gasteiger partial charge in [0.25, 0.3) is 5.91 Å². The largest absolute Gasteiger partial charge is 0.318 e. The van der Waals surface area contributed by atoms with Gasteiger partial charge in [-0.3, -0.25) is 4.79 Å². The number of carbonyl (C=O) groups is 1. The highest BCUT2D eigenvalue weighted by Gasteiger charge is 2.22. The molecule has 4 rings (SSSR count). The molecule has 0 saturated carbocycles. The van der Waals surface area contributed by atoms with E-state index in [1.54, 1.807) is 18.3 Å². The minimum absolute atomic E-state index is 0.203. The average Bonchev–Trinajstić information content (AvgIpc) is 3.09. The van der Waals surface area contributed by atoms with Gasteiger partial charge in [-0.1, -0.05) is 60.7 Å². The molecule has 0 aliphatic carbocycles. The molecule has 3 aromatic carbocycles. The predicted molar refractivity (Wildman–Crippen MR) is 126 cm³/mol. The molecule has 4 aromatic rings. The monoisotopic (exact) mass is 425 g/mol. The fraction of sp³-hybridized carbons (Fsp3) is 0.111. The second kappa shape index (κ2) is 9.43. The number of hydrogen-bond acceptors (Lipinski definition) is 2. The van der Waals surface area contributed by atoms with Gasteiger partial charge in [-0.2, -0.15) is 5.10 Å². The van der Waals surface area contributed by atoms with Gasteiger partial charge in [-0.05, 0) is 55.3 Å². The minimum atomic E-state index is -0.457. The summed E-state index contributed by atoms with van der Waals surface area (Å²) in [5.74, 6) is -0.931. The third-order valence-electron chi connectivity index (χ3n) is 5.46. The fourth-order valence-electron chi connectivity index (χ4n) is 3.92. The van der Waals surface area contributed by atoms with E-state index >= 15 is 0 Å².